The number of ether oxygens (including phenoxy) is 1. The Kier molecular flexibility index (Phi) is 5.39. The predicted octanol–water partition coefficient (Wildman–Crippen LogP) is 5.10. The van der Waals surface area contributed by atoms with E-state index in [0.29, 0.717) is 17.3 Å². The Labute approximate surface area is 193 Å². The van der Waals surface area contributed by atoms with Crippen LogP contribution in [0.25, 0.3) is 0 Å². The first-order chi connectivity index (χ1) is 15.5. The van der Waals surface area contributed by atoms with Crippen LogP contribution in [0.5, 0.6) is 5.75 Å². The number of nitrogens with zero attached hydrogens (tertiary/aromatic N) is 2. The summed E-state index contributed by atoms with van der Waals surface area (Å²) in [5.74, 6) is 0.817. The molecule has 2 heterocycles. The second-order valence-corrected chi connectivity index (χ2v) is 10.1. The van der Waals surface area contributed by atoms with E-state index in [1.165, 1.54) is 0 Å². The van der Waals surface area contributed by atoms with Gasteiger partial charge < -0.3 is 14.5 Å². The molecular formula is C24H24ClN3O3S. The van der Waals surface area contributed by atoms with Crippen molar-refractivity contribution in [2.75, 3.05) is 28.2 Å². The first-order valence-corrected chi connectivity index (χ1v) is 12.4. The molecule has 1 saturated heterocycles. The predicted molar refractivity (Wildman–Crippen MR) is 128 cm³/mol. The zero-order chi connectivity index (χ0) is 22.3. The number of rotatable bonds is 6. The molecular weight excluding hydrogens is 446 g/mol. The second kappa shape index (κ2) is 8.22. The van der Waals surface area contributed by atoms with Crippen molar-refractivity contribution >= 4 is 38.7 Å². The summed E-state index contributed by atoms with van der Waals surface area (Å²) in [7, 11) is -2.13. The molecule has 0 aliphatic carbocycles. The van der Waals surface area contributed by atoms with E-state index in [0.717, 1.165) is 42.1 Å². The Morgan fingerprint density at radius 3 is 2.59 bits per heavy atom. The highest BCUT2D eigenvalue weighted by atomic mass is 35.5. The third-order valence-electron chi connectivity index (χ3n) is 6.09. The highest BCUT2D eigenvalue weighted by molar-refractivity contribution is 7.92. The molecule has 0 spiro atoms. The number of hydrogen-bond acceptors (Lipinski definition) is 5. The van der Waals surface area contributed by atoms with Crippen molar-refractivity contribution < 1.29 is 13.2 Å². The number of nitrogens with one attached hydrogen (secondary N) is 1. The maximum atomic E-state index is 13.1. The fraction of sp³-hybridized carbons (Fsp3) is 0.250. The highest BCUT2D eigenvalue weighted by Gasteiger charge is 2.39. The van der Waals surface area contributed by atoms with E-state index in [1.54, 1.807) is 43.5 Å². The largest absolute Gasteiger partial charge is 0.497 e. The molecule has 166 valence electrons. The van der Waals surface area contributed by atoms with Gasteiger partial charge in [0.2, 0.25) is 0 Å². The van der Waals surface area contributed by atoms with E-state index in [9.17, 15) is 8.42 Å². The van der Waals surface area contributed by atoms with Crippen LogP contribution in [0.1, 0.15) is 18.4 Å². The van der Waals surface area contributed by atoms with E-state index < -0.39 is 10.0 Å². The van der Waals surface area contributed by atoms with E-state index in [1.807, 2.05) is 18.2 Å². The van der Waals surface area contributed by atoms with Gasteiger partial charge in [0, 0.05) is 13.1 Å². The molecule has 8 heteroatoms. The molecule has 1 fully saturated rings. The van der Waals surface area contributed by atoms with Crippen molar-refractivity contribution in [3.8, 4) is 5.75 Å². The Morgan fingerprint density at radius 2 is 1.84 bits per heavy atom. The van der Waals surface area contributed by atoms with Crippen LogP contribution in [0.3, 0.4) is 0 Å². The van der Waals surface area contributed by atoms with E-state index >= 15 is 0 Å². The van der Waals surface area contributed by atoms with Gasteiger partial charge in [-0.3, -0.25) is 4.72 Å². The van der Waals surface area contributed by atoms with Crippen molar-refractivity contribution in [1.82, 2.24) is 0 Å². The number of sulfonamides is 1. The molecule has 0 bridgehead atoms. The van der Waals surface area contributed by atoms with E-state index in [-0.39, 0.29) is 11.1 Å². The fourth-order valence-corrected chi connectivity index (χ4v) is 5.86. The van der Waals surface area contributed by atoms with Crippen molar-refractivity contribution in [3.63, 3.8) is 0 Å². The molecule has 3 aromatic carbocycles. The molecule has 0 unspecified atom stereocenters. The van der Waals surface area contributed by atoms with Gasteiger partial charge in [0.1, 0.15) is 11.9 Å². The van der Waals surface area contributed by atoms with Crippen molar-refractivity contribution in [2.45, 2.75) is 30.4 Å². The molecule has 2 aliphatic rings. The summed E-state index contributed by atoms with van der Waals surface area (Å²) in [5, 5.41) is 0.360. The average Bonchev–Trinajstić information content (AvgIpc) is 3.38. The molecule has 0 aromatic heterocycles. The first kappa shape index (κ1) is 21.0. The Bertz CT molecular complexity index is 1250. The van der Waals surface area contributed by atoms with Crippen LogP contribution in [-0.4, -0.2) is 28.2 Å². The smallest absolute Gasteiger partial charge is 0.262 e. The monoisotopic (exact) mass is 469 g/mol. The number of hydrogen-bond donors (Lipinski definition) is 1. The maximum absolute atomic E-state index is 13.1. The number of methoxy groups -OCH3 is 1. The van der Waals surface area contributed by atoms with Gasteiger partial charge in [-0.25, -0.2) is 8.42 Å². The lowest BCUT2D eigenvalue weighted by molar-refractivity contribution is 0.414. The molecule has 3 aromatic rings. The summed E-state index contributed by atoms with van der Waals surface area (Å²) in [4.78, 5) is 4.90. The molecule has 0 amide bonds. The highest BCUT2D eigenvalue weighted by Crippen LogP contribution is 2.45. The van der Waals surface area contributed by atoms with Gasteiger partial charge >= 0.3 is 0 Å². The minimum atomic E-state index is -3.78. The summed E-state index contributed by atoms with van der Waals surface area (Å²) in [6.45, 7) is 1.67. The quantitative estimate of drug-likeness (QED) is 0.544. The van der Waals surface area contributed by atoms with Crippen LogP contribution >= 0.6 is 11.6 Å². The first-order valence-electron chi connectivity index (χ1n) is 10.5. The number of anilines is 3. The second-order valence-electron chi connectivity index (χ2n) is 8.03. The lowest BCUT2D eigenvalue weighted by Crippen LogP contribution is -2.38. The number of benzene rings is 3. The Hall–Kier alpha value is -2.90. The van der Waals surface area contributed by atoms with Crippen molar-refractivity contribution in [1.29, 1.82) is 0 Å². The summed E-state index contributed by atoms with van der Waals surface area (Å²) in [6, 6.07) is 20.2. The Balaban J connectivity index is 1.48. The fourth-order valence-electron chi connectivity index (χ4n) is 4.52. The minimum absolute atomic E-state index is 0.220. The van der Waals surface area contributed by atoms with Crippen LogP contribution in [-0.2, 0) is 16.6 Å². The van der Waals surface area contributed by atoms with Crippen LogP contribution in [0.4, 0.5) is 17.1 Å². The summed E-state index contributed by atoms with van der Waals surface area (Å²) in [5.41, 5.74) is 3.53. The topological polar surface area (TPSA) is 61.9 Å². The molecule has 32 heavy (non-hydrogen) atoms. The molecule has 0 radical (unpaired) electrons. The third kappa shape index (κ3) is 3.76. The average molecular weight is 470 g/mol. The Morgan fingerprint density at radius 1 is 1.06 bits per heavy atom. The molecule has 2 aliphatic heterocycles. The summed E-state index contributed by atoms with van der Waals surface area (Å²) >= 11 is 6.16. The molecule has 1 atom stereocenters. The normalized spacial score (nSPS) is 17.2. The zero-order valence-electron chi connectivity index (χ0n) is 17.7. The molecule has 0 saturated carbocycles. The van der Waals surface area contributed by atoms with Crippen molar-refractivity contribution in [2.24, 2.45) is 0 Å². The van der Waals surface area contributed by atoms with Gasteiger partial charge in [-0.1, -0.05) is 35.9 Å². The van der Waals surface area contributed by atoms with Gasteiger partial charge in [-0.05, 0) is 60.9 Å². The van der Waals surface area contributed by atoms with Gasteiger partial charge in [-0.2, -0.15) is 0 Å². The standard InChI is InChI=1S/C24H24ClN3O3S/c1-31-18-10-8-17(9-11-18)16-28-23-15-19(12-13-22(23)27-14-4-7-24(27)28)32(29,30)26-21-6-3-2-5-20(21)25/h2-3,5-6,8-13,15,24,26H,4,7,14,16H2,1H3/t24-/m1/s1. The number of para-hydroxylation sites is 1. The van der Waals surface area contributed by atoms with Crippen LogP contribution in [0.15, 0.2) is 71.6 Å². The molecule has 5 rings (SSSR count). The van der Waals surface area contributed by atoms with Crippen LogP contribution < -0.4 is 19.3 Å². The summed E-state index contributed by atoms with van der Waals surface area (Å²) < 4.78 is 34.1. The lowest BCUT2D eigenvalue weighted by Gasteiger charge is -2.27. The molecule has 6 nitrogen and oxygen atoms in total. The van der Waals surface area contributed by atoms with Crippen molar-refractivity contribution in [3.05, 3.63) is 77.3 Å². The van der Waals surface area contributed by atoms with E-state index in [4.69, 9.17) is 16.3 Å². The summed E-state index contributed by atoms with van der Waals surface area (Å²) in [6.07, 6.45) is 2.41. The van der Waals surface area contributed by atoms with E-state index in [2.05, 4.69) is 26.7 Å². The minimum Gasteiger partial charge on any atom is -0.497 e. The molecule has 1 N–H and O–H groups in total. The number of halogens is 1. The maximum Gasteiger partial charge on any atom is 0.262 e. The van der Waals surface area contributed by atoms with Crippen LogP contribution in [0, 0.1) is 0 Å². The SMILES string of the molecule is COc1ccc(CN2c3cc(S(=O)(=O)Nc4ccccc4Cl)ccc3N3CCC[C@H]32)cc1. The third-order valence-corrected chi connectivity index (χ3v) is 7.78. The number of fused-ring (bicyclic) bond motifs is 3. The van der Waals surface area contributed by atoms with Gasteiger partial charge in [0.15, 0.2) is 0 Å². The zero-order valence-corrected chi connectivity index (χ0v) is 19.2. The van der Waals surface area contributed by atoms with Crippen LogP contribution in [0.2, 0.25) is 5.02 Å². The van der Waals surface area contributed by atoms with Gasteiger partial charge in [-0.15, -0.1) is 0 Å². The van der Waals surface area contributed by atoms with Gasteiger partial charge in [0.05, 0.1) is 34.1 Å². The van der Waals surface area contributed by atoms with Gasteiger partial charge in [0.25, 0.3) is 10.0 Å². The lowest BCUT2D eigenvalue weighted by atomic mass is 10.1.